The number of hydrogen-bond donors (Lipinski definition) is 0. The molecule has 1 amide bonds. The zero-order valence-electron chi connectivity index (χ0n) is 20.9. The van der Waals surface area contributed by atoms with Gasteiger partial charge in [-0.15, -0.1) is 0 Å². The van der Waals surface area contributed by atoms with E-state index < -0.39 is 5.92 Å². The van der Waals surface area contributed by atoms with Crippen LogP contribution in [-0.2, 0) is 16.2 Å². The third kappa shape index (κ3) is 5.72. The van der Waals surface area contributed by atoms with Gasteiger partial charge in [0.15, 0.2) is 6.10 Å². The molecule has 186 valence electrons. The highest BCUT2D eigenvalue weighted by Crippen LogP contribution is 2.30. The quantitative estimate of drug-likeness (QED) is 0.287. The maximum absolute atomic E-state index is 14.3. The van der Waals surface area contributed by atoms with E-state index in [4.69, 9.17) is 9.57 Å². The highest BCUT2D eigenvalue weighted by atomic mass is 16.6. The lowest BCUT2D eigenvalue weighted by atomic mass is 9.89. The first kappa shape index (κ1) is 24.3. The molecule has 0 N–H and O–H groups in total. The van der Waals surface area contributed by atoms with Gasteiger partial charge in [-0.3, -0.25) is 4.79 Å². The summed E-state index contributed by atoms with van der Waals surface area (Å²) in [5.41, 5.74) is 4.75. The van der Waals surface area contributed by atoms with Gasteiger partial charge in [-0.25, -0.2) is 0 Å². The predicted molar refractivity (Wildman–Crippen MR) is 146 cm³/mol. The topological polar surface area (TPSA) is 51.1 Å². The lowest BCUT2D eigenvalue weighted by Crippen LogP contribution is -2.40. The third-order valence-electron chi connectivity index (χ3n) is 6.62. The minimum atomic E-state index is -0.415. The van der Waals surface area contributed by atoms with Crippen molar-refractivity contribution in [2.45, 2.75) is 25.0 Å². The van der Waals surface area contributed by atoms with Crippen LogP contribution >= 0.6 is 0 Å². The van der Waals surface area contributed by atoms with E-state index in [1.807, 2.05) is 120 Å². The van der Waals surface area contributed by atoms with Crippen LogP contribution in [-0.4, -0.2) is 36.3 Å². The number of methoxy groups -OCH3 is 1. The molecule has 1 atom stereocenters. The Morgan fingerprint density at radius 2 is 1.43 bits per heavy atom. The van der Waals surface area contributed by atoms with Crippen LogP contribution in [0, 0.1) is 0 Å². The molecule has 4 aromatic rings. The van der Waals surface area contributed by atoms with Gasteiger partial charge in [0.05, 0.1) is 25.3 Å². The summed E-state index contributed by atoms with van der Waals surface area (Å²) in [5, 5.41) is 4.38. The van der Waals surface area contributed by atoms with Gasteiger partial charge >= 0.3 is 0 Å². The van der Waals surface area contributed by atoms with Gasteiger partial charge in [0.2, 0.25) is 5.91 Å². The first-order valence-electron chi connectivity index (χ1n) is 12.5. The smallest absolute Gasteiger partial charge is 0.235 e. The van der Waals surface area contributed by atoms with Crippen molar-refractivity contribution >= 4 is 11.6 Å². The van der Waals surface area contributed by atoms with E-state index in [0.717, 1.165) is 33.7 Å². The molecule has 0 radical (unpaired) electrons. The standard InChI is InChI=1S/C32H30N2O3/c1-36-30-20-12-11-19-28(30)29-21-27(37-33-29)23-34(22-24-13-5-2-6-14-24)32(35)31(25-15-7-3-8-16-25)26-17-9-4-10-18-26/h2-20,27,31H,21-23H2,1H3/t27-/m1/s1. The van der Waals surface area contributed by atoms with Crippen molar-refractivity contribution in [1.29, 1.82) is 0 Å². The molecule has 0 spiro atoms. The average molecular weight is 491 g/mol. The maximum Gasteiger partial charge on any atom is 0.235 e. The molecule has 0 fully saturated rings. The summed E-state index contributed by atoms with van der Waals surface area (Å²) >= 11 is 0. The monoisotopic (exact) mass is 490 g/mol. The SMILES string of the molecule is COc1ccccc1C1=NO[C@@H](CN(Cc2ccccc2)C(=O)C(c2ccccc2)c2ccccc2)C1. The number of ether oxygens (including phenoxy) is 1. The van der Waals surface area contributed by atoms with Gasteiger partial charge in [-0.2, -0.15) is 0 Å². The summed E-state index contributed by atoms with van der Waals surface area (Å²) in [7, 11) is 1.65. The van der Waals surface area contributed by atoms with Gasteiger partial charge in [0.25, 0.3) is 0 Å². The number of carbonyl (C=O) groups excluding carboxylic acids is 1. The molecule has 1 heterocycles. The van der Waals surface area contributed by atoms with Crippen molar-refractivity contribution in [3.63, 3.8) is 0 Å². The van der Waals surface area contributed by atoms with Crippen LogP contribution in [0.3, 0.4) is 0 Å². The van der Waals surface area contributed by atoms with Crippen molar-refractivity contribution in [3.8, 4) is 5.75 Å². The lowest BCUT2D eigenvalue weighted by molar-refractivity contribution is -0.134. The van der Waals surface area contributed by atoms with Crippen LogP contribution in [0.5, 0.6) is 5.75 Å². The first-order valence-corrected chi connectivity index (χ1v) is 12.5. The fourth-order valence-corrected chi connectivity index (χ4v) is 4.80. The van der Waals surface area contributed by atoms with Crippen LogP contribution in [0.25, 0.3) is 0 Å². The van der Waals surface area contributed by atoms with E-state index in [-0.39, 0.29) is 12.0 Å². The van der Waals surface area contributed by atoms with E-state index in [0.29, 0.717) is 19.5 Å². The largest absolute Gasteiger partial charge is 0.496 e. The summed E-state index contributed by atoms with van der Waals surface area (Å²) in [6.07, 6.45) is 0.347. The number of para-hydroxylation sites is 1. The molecule has 0 aliphatic carbocycles. The fourth-order valence-electron chi connectivity index (χ4n) is 4.80. The molecule has 0 bridgehead atoms. The average Bonchev–Trinajstić information content (AvgIpc) is 3.43. The van der Waals surface area contributed by atoms with Gasteiger partial charge in [0.1, 0.15) is 5.75 Å². The second-order valence-electron chi connectivity index (χ2n) is 9.13. The zero-order chi connectivity index (χ0) is 25.5. The molecule has 5 rings (SSSR count). The van der Waals surface area contributed by atoms with Gasteiger partial charge in [0, 0.05) is 18.5 Å². The molecule has 0 unspecified atom stereocenters. The minimum absolute atomic E-state index is 0.0376. The van der Waals surface area contributed by atoms with E-state index in [2.05, 4.69) is 5.16 Å². The molecule has 0 saturated heterocycles. The minimum Gasteiger partial charge on any atom is -0.496 e. The Balaban J connectivity index is 1.42. The highest BCUT2D eigenvalue weighted by Gasteiger charge is 2.32. The maximum atomic E-state index is 14.3. The van der Waals surface area contributed by atoms with Gasteiger partial charge < -0.3 is 14.5 Å². The van der Waals surface area contributed by atoms with Crippen LogP contribution < -0.4 is 4.74 Å². The number of benzene rings is 4. The molecule has 0 saturated carbocycles. The number of amides is 1. The van der Waals surface area contributed by atoms with Crippen LogP contribution in [0.15, 0.2) is 120 Å². The number of hydrogen-bond acceptors (Lipinski definition) is 4. The van der Waals surface area contributed by atoms with Crippen molar-refractivity contribution in [2.24, 2.45) is 5.16 Å². The Morgan fingerprint density at radius 1 is 0.865 bits per heavy atom. The Bertz CT molecular complexity index is 1300. The fraction of sp³-hybridized carbons (Fsp3) is 0.188. The molecule has 1 aliphatic heterocycles. The number of carbonyl (C=O) groups is 1. The Kier molecular flexibility index (Phi) is 7.60. The van der Waals surface area contributed by atoms with Crippen molar-refractivity contribution in [1.82, 2.24) is 4.90 Å². The molecule has 5 nitrogen and oxygen atoms in total. The van der Waals surface area contributed by atoms with Crippen molar-refractivity contribution < 1.29 is 14.4 Å². The summed E-state index contributed by atoms with van der Waals surface area (Å²) in [6.45, 7) is 0.908. The summed E-state index contributed by atoms with van der Waals surface area (Å²) < 4.78 is 5.52. The van der Waals surface area contributed by atoms with Gasteiger partial charge in [-0.1, -0.05) is 108 Å². The molecule has 37 heavy (non-hydrogen) atoms. The normalized spacial score (nSPS) is 14.6. The second kappa shape index (κ2) is 11.6. The van der Waals surface area contributed by atoms with Crippen molar-refractivity contribution in [2.75, 3.05) is 13.7 Å². The Labute approximate surface area is 218 Å². The molecular formula is C32H30N2O3. The zero-order valence-corrected chi connectivity index (χ0v) is 20.9. The molecular weight excluding hydrogens is 460 g/mol. The van der Waals surface area contributed by atoms with E-state index in [9.17, 15) is 4.79 Å². The predicted octanol–water partition coefficient (Wildman–Crippen LogP) is 6.05. The molecule has 5 heteroatoms. The van der Waals surface area contributed by atoms with E-state index in [1.54, 1.807) is 7.11 Å². The second-order valence-corrected chi connectivity index (χ2v) is 9.13. The Morgan fingerprint density at radius 3 is 2.05 bits per heavy atom. The third-order valence-corrected chi connectivity index (χ3v) is 6.62. The number of nitrogens with zero attached hydrogens (tertiary/aromatic N) is 2. The van der Waals surface area contributed by atoms with E-state index >= 15 is 0 Å². The van der Waals surface area contributed by atoms with Crippen LogP contribution in [0.2, 0.25) is 0 Å². The molecule has 4 aromatic carbocycles. The Hall–Kier alpha value is -4.38. The molecule has 0 aromatic heterocycles. The van der Waals surface area contributed by atoms with Gasteiger partial charge in [-0.05, 0) is 28.8 Å². The van der Waals surface area contributed by atoms with Crippen molar-refractivity contribution in [3.05, 3.63) is 138 Å². The summed E-state index contributed by atoms with van der Waals surface area (Å²) in [5.74, 6) is 0.383. The molecule has 1 aliphatic rings. The van der Waals surface area contributed by atoms with E-state index in [1.165, 1.54) is 0 Å². The highest BCUT2D eigenvalue weighted by molar-refractivity contribution is 6.03. The first-order chi connectivity index (χ1) is 18.2. The summed E-state index contributed by atoms with van der Waals surface area (Å²) in [6, 6.07) is 37.8. The number of rotatable bonds is 9. The summed E-state index contributed by atoms with van der Waals surface area (Å²) in [4.78, 5) is 22.1. The number of oxime groups is 1. The van der Waals surface area contributed by atoms with Crippen LogP contribution in [0.4, 0.5) is 0 Å². The van der Waals surface area contributed by atoms with Crippen LogP contribution in [0.1, 0.15) is 34.6 Å². The lowest BCUT2D eigenvalue weighted by Gasteiger charge is -2.29.